The van der Waals surface area contributed by atoms with E-state index in [2.05, 4.69) is 26.3 Å². The Bertz CT molecular complexity index is 1150. The van der Waals surface area contributed by atoms with Crippen molar-refractivity contribution in [2.75, 3.05) is 0 Å². The van der Waals surface area contributed by atoms with Crippen LogP contribution in [0.5, 0.6) is 5.88 Å². The second-order valence-corrected chi connectivity index (χ2v) is 6.45. The van der Waals surface area contributed by atoms with Gasteiger partial charge in [0.15, 0.2) is 5.69 Å². The molecule has 0 aliphatic rings. The molecule has 5 nitrogen and oxygen atoms in total. The van der Waals surface area contributed by atoms with E-state index in [0.29, 0.717) is 16.4 Å². The minimum absolute atomic E-state index is 0.00820. The molecule has 0 spiro atoms. The lowest BCUT2D eigenvalue weighted by atomic mass is 10.1. The first-order valence-electron chi connectivity index (χ1n) is 7.81. The van der Waals surface area contributed by atoms with Gasteiger partial charge in [0, 0.05) is 22.0 Å². The number of fused-ring (bicyclic) bond motifs is 2. The van der Waals surface area contributed by atoms with Crippen molar-refractivity contribution < 1.29 is 5.11 Å². The van der Waals surface area contributed by atoms with Crippen LogP contribution in [-0.4, -0.2) is 15.1 Å². The smallest absolute Gasteiger partial charge is 0.218 e. The average molecular weight is 351 g/mol. The van der Waals surface area contributed by atoms with Gasteiger partial charge in [-0.05, 0) is 49.7 Å². The zero-order valence-electron chi connectivity index (χ0n) is 13.7. The SMILES string of the molecule is Cc1cc(C)c2[nH]c(O)c(N=Nc3ccnc4cc(Cl)ccc34)c2c1. The zero-order valence-corrected chi connectivity index (χ0v) is 14.5. The average Bonchev–Trinajstić information content (AvgIpc) is 2.88. The molecule has 4 aromatic rings. The summed E-state index contributed by atoms with van der Waals surface area (Å²) in [5.74, 6) is 0.00820. The van der Waals surface area contributed by atoms with E-state index >= 15 is 0 Å². The van der Waals surface area contributed by atoms with Crippen LogP contribution in [0.15, 0.2) is 52.8 Å². The fourth-order valence-corrected chi connectivity index (χ4v) is 3.19. The van der Waals surface area contributed by atoms with E-state index in [0.717, 1.165) is 32.9 Å². The Morgan fingerprint density at radius 2 is 1.88 bits per heavy atom. The van der Waals surface area contributed by atoms with Crippen molar-refractivity contribution in [3.05, 3.63) is 58.7 Å². The molecule has 0 aliphatic carbocycles. The van der Waals surface area contributed by atoms with E-state index < -0.39 is 0 Å². The van der Waals surface area contributed by atoms with Gasteiger partial charge in [-0.2, -0.15) is 0 Å². The number of pyridine rings is 1. The fraction of sp³-hybridized carbons (Fsp3) is 0.105. The first kappa shape index (κ1) is 15.6. The van der Waals surface area contributed by atoms with E-state index in [1.807, 2.05) is 26.0 Å². The molecule has 124 valence electrons. The van der Waals surface area contributed by atoms with Crippen LogP contribution in [0.1, 0.15) is 11.1 Å². The molecule has 0 aliphatic heterocycles. The van der Waals surface area contributed by atoms with Crippen molar-refractivity contribution in [3.8, 4) is 5.88 Å². The Labute approximate surface area is 149 Å². The van der Waals surface area contributed by atoms with E-state index in [9.17, 15) is 5.11 Å². The summed E-state index contributed by atoms with van der Waals surface area (Å²) in [6, 6.07) is 11.3. The first-order valence-corrected chi connectivity index (χ1v) is 8.18. The molecule has 0 saturated heterocycles. The maximum Gasteiger partial charge on any atom is 0.218 e. The summed E-state index contributed by atoms with van der Waals surface area (Å²) in [5, 5.41) is 21.2. The maximum atomic E-state index is 10.2. The number of halogens is 1. The third-order valence-electron chi connectivity index (χ3n) is 4.14. The lowest BCUT2D eigenvalue weighted by Gasteiger charge is -2.01. The number of aromatic nitrogens is 2. The van der Waals surface area contributed by atoms with Gasteiger partial charge in [-0.15, -0.1) is 10.2 Å². The number of aryl methyl sites for hydroxylation is 2. The van der Waals surface area contributed by atoms with Crippen molar-refractivity contribution in [1.82, 2.24) is 9.97 Å². The monoisotopic (exact) mass is 350 g/mol. The molecule has 25 heavy (non-hydrogen) atoms. The molecule has 2 aromatic carbocycles. The lowest BCUT2D eigenvalue weighted by molar-refractivity contribution is 0.459. The summed E-state index contributed by atoms with van der Waals surface area (Å²) in [7, 11) is 0. The molecule has 2 N–H and O–H groups in total. The Hall–Kier alpha value is -2.92. The van der Waals surface area contributed by atoms with E-state index in [1.165, 1.54) is 0 Å². The Kier molecular flexibility index (Phi) is 3.66. The lowest BCUT2D eigenvalue weighted by Crippen LogP contribution is -1.79. The number of hydrogen-bond acceptors (Lipinski definition) is 4. The zero-order chi connectivity index (χ0) is 17.6. The standard InChI is InChI=1S/C19H15ClN4O/c1-10-7-11(2)17-14(8-10)18(19(25)22-17)24-23-15-5-6-21-16-9-12(20)3-4-13(15)16/h3-9,22,25H,1-2H3. The molecule has 0 atom stereocenters. The molecule has 0 fully saturated rings. The molecule has 0 saturated carbocycles. The highest BCUT2D eigenvalue weighted by molar-refractivity contribution is 6.31. The number of aromatic hydroxyl groups is 1. The summed E-state index contributed by atoms with van der Waals surface area (Å²) in [5.41, 5.74) is 4.86. The van der Waals surface area contributed by atoms with Crippen LogP contribution < -0.4 is 0 Å². The number of nitrogens with one attached hydrogen (secondary N) is 1. The molecular formula is C19H15ClN4O. The molecular weight excluding hydrogens is 336 g/mol. The Morgan fingerprint density at radius 1 is 1.04 bits per heavy atom. The molecule has 2 heterocycles. The van der Waals surface area contributed by atoms with Gasteiger partial charge in [0.2, 0.25) is 5.88 Å². The van der Waals surface area contributed by atoms with Gasteiger partial charge in [-0.1, -0.05) is 23.2 Å². The fourth-order valence-electron chi connectivity index (χ4n) is 3.02. The third kappa shape index (κ3) is 2.72. The van der Waals surface area contributed by atoms with Crippen molar-refractivity contribution in [2.45, 2.75) is 13.8 Å². The van der Waals surface area contributed by atoms with Gasteiger partial charge >= 0.3 is 0 Å². The number of azo groups is 1. The van der Waals surface area contributed by atoms with Crippen LogP contribution in [0.3, 0.4) is 0 Å². The van der Waals surface area contributed by atoms with Gasteiger partial charge in [0.05, 0.1) is 16.7 Å². The largest absolute Gasteiger partial charge is 0.493 e. The molecule has 2 aromatic heterocycles. The topological polar surface area (TPSA) is 73.6 Å². The summed E-state index contributed by atoms with van der Waals surface area (Å²) < 4.78 is 0. The van der Waals surface area contributed by atoms with Gasteiger partial charge in [0.1, 0.15) is 0 Å². The van der Waals surface area contributed by atoms with Gasteiger partial charge in [-0.3, -0.25) is 4.98 Å². The van der Waals surface area contributed by atoms with Crippen LogP contribution in [0.25, 0.3) is 21.8 Å². The van der Waals surface area contributed by atoms with Crippen molar-refractivity contribution in [1.29, 1.82) is 0 Å². The van der Waals surface area contributed by atoms with E-state index in [-0.39, 0.29) is 5.88 Å². The van der Waals surface area contributed by atoms with Crippen LogP contribution in [0.2, 0.25) is 5.02 Å². The number of aromatic amines is 1. The van der Waals surface area contributed by atoms with Crippen molar-refractivity contribution >= 4 is 44.8 Å². The van der Waals surface area contributed by atoms with Crippen LogP contribution in [0, 0.1) is 13.8 Å². The Balaban J connectivity index is 1.86. The number of rotatable bonds is 2. The maximum absolute atomic E-state index is 10.2. The molecule has 0 unspecified atom stereocenters. The van der Waals surface area contributed by atoms with E-state index in [1.54, 1.807) is 24.4 Å². The molecule has 4 rings (SSSR count). The van der Waals surface area contributed by atoms with Crippen molar-refractivity contribution in [2.24, 2.45) is 10.2 Å². The summed E-state index contributed by atoms with van der Waals surface area (Å²) in [6.07, 6.45) is 1.66. The van der Waals surface area contributed by atoms with Crippen LogP contribution >= 0.6 is 11.6 Å². The Morgan fingerprint density at radius 3 is 2.72 bits per heavy atom. The minimum Gasteiger partial charge on any atom is -0.493 e. The normalized spacial score (nSPS) is 11.8. The molecule has 0 bridgehead atoms. The minimum atomic E-state index is 0.00820. The first-order chi connectivity index (χ1) is 12.0. The molecule has 6 heteroatoms. The van der Waals surface area contributed by atoms with Crippen LogP contribution in [-0.2, 0) is 0 Å². The van der Waals surface area contributed by atoms with E-state index in [4.69, 9.17) is 11.6 Å². The molecule has 0 amide bonds. The van der Waals surface area contributed by atoms with Crippen LogP contribution in [0.4, 0.5) is 11.4 Å². The second-order valence-electron chi connectivity index (χ2n) is 6.02. The highest BCUT2D eigenvalue weighted by atomic mass is 35.5. The summed E-state index contributed by atoms with van der Waals surface area (Å²) in [4.78, 5) is 7.27. The summed E-state index contributed by atoms with van der Waals surface area (Å²) in [6.45, 7) is 4.00. The van der Waals surface area contributed by atoms with Gasteiger partial charge < -0.3 is 10.1 Å². The van der Waals surface area contributed by atoms with Gasteiger partial charge in [0.25, 0.3) is 0 Å². The highest BCUT2D eigenvalue weighted by Crippen LogP contribution is 2.38. The number of benzene rings is 2. The number of hydrogen-bond donors (Lipinski definition) is 2. The third-order valence-corrected chi connectivity index (χ3v) is 4.38. The summed E-state index contributed by atoms with van der Waals surface area (Å²) >= 11 is 6.01. The predicted octanol–water partition coefficient (Wildman–Crippen LogP) is 6.11. The van der Waals surface area contributed by atoms with Crippen molar-refractivity contribution in [3.63, 3.8) is 0 Å². The predicted molar refractivity (Wildman–Crippen MR) is 100 cm³/mol. The quantitative estimate of drug-likeness (QED) is 0.428. The highest BCUT2D eigenvalue weighted by Gasteiger charge is 2.13. The van der Waals surface area contributed by atoms with Gasteiger partial charge in [-0.25, -0.2) is 0 Å². The number of nitrogens with zero attached hydrogens (tertiary/aromatic N) is 3. The number of H-pyrrole nitrogens is 1. The second kappa shape index (κ2) is 5.86. The molecule has 0 radical (unpaired) electrons.